The van der Waals surface area contributed by atoms with Crippen LogP contribution < -0.4 is 4.74 Å². The van der Waals surface area contributed by atoms with E-state index in [-0.39, 0.29) is 18.1 Å². The zero-order chi connectivity index (χ0) is 16.2. The number of morpholine rings is 1. The van der Waals surface area contributed by atoms with Crippen LogP contribution in [0.15, 0.2) is 29.1 Å². The van der Waals surface area contributed by atoms with Crippen molar-refractivity contribution >= 4 is 5.91 Å². The highest BCUT2D eigenvalue weighted by Gasteiger charge is 2.32. The van der Waals surface area contributed by atoms with Gasteiger partial charge in [0.1, 0.15) is 11.7 Å². The topological polar surface area (TPSA) is 90.6 Å². The first kappa shape index (κ1) is 15.4. The number of hydrogen-bond donors (Lipinski definition) is 0. The summed E-state index contributed by atoms with van der Waals surface area (Å²) in [5.74, 6) is 0.639. The second kappa shape index (κ2) is 6.74. The van der Waals surface area contributed by atoms with Crippen LogP contribution in [0, 0.1) is 0 Å². The standard InChI is InChI=1S/C15H18N4O4/c1-10(2)23-13-5-3-4-11(17-13)15(20)19-6-7-21-8-12(19)14-16-9-22-18-14/h3-5,9-10,12H,6-8H2,1-2H3. The molecule has 1 fully saturated rings. The first-order valence-electron chi connectivity index (χ1n) is 7.44. The molecule has 3 rings (SSSR count). The normalized spacial score (nSPS) is 18.2. The predicted molar refractivity (Wildman–Crippen MR) is 78.9 cm³/mol. The first-order chi connectivity index (χ1) is 11.1. The van der Waals surface area contributed by atoms with E-state index in [1.807, 2.05) is 13.8 Å². The molecule has 2 aromatic rings. The Balaban J connectivity index is 1.83. The summed E-state index contributed by atoms with van der Waals surface area (Å²) in [6.07, 6.45) is 1.23. The first-order valence-corrected chi connectivity index (χ1v) is 7.44. The van der Waals surface area contributed by atoms with Crippen molar-refractivity contribution in [1.29, 1.82) is 0 Å². The SMILES string of the molecule is CC(C)Oc1cccc(C(=O)N2CCOCC2c2ncon2)n1. The molecular weight excluding hydrogens is 300 g/mol. The van der Waals surface area contributed by atoms with Crippen LogP contribution >= 0.6 is 0 Å². The van der Waals surface area contributed by atoms with Gasteiger partial charge in [-0.25, -0.2) is 4.98 Å². The van der Waals surface area contributed by atoms with E-state index in [0.717, 1.165) is 0 Å². The summed E-state index contributed by atoms with van der Waals surface area (Å²) in [6, 6.07) is 4.76. The summed E-state index contributed by atoms with van der Waals surface area (Å²) < 4.78 is 15.8. The highest BCUT2D eigenvalue weighted by molar-refractivity contribution is 5.92. The van der Waals surface area contributed by atoms with Gasteiger partial charge in [0.2, 0.25) is 12.3 Å². The Morgan fingerprint density at radius 2 is 2.30 bits per heavy atom. The number of pyridine rings is 1. The molecule has 1 atom stereocenters. The molecule has 122 valence electrons. The van der Waals surface area contributed by atoms with Crippen molar-refractivity contribution in [3.8, 4) is 5.88 Å². The summed E-state index contributed by atoms with van der Waals surface area (Å²) in [7, 11) is 0. The van der Waals surface area contributed by atoms with Crippen LogP contribution in [-0.4, -0.2) is 51.8 Å². The van der Waals surface area contributed by atoms with Gasteiger partial charge in [-0.3, -0.25) is 4.79 Å². The second-order valence-corrected chi connectivity index (χ2v) is 5.41. The van der Waals surface area contributed by atoms with Crippen molar-refractivity contribution in [3.63, 3.8) is 0 Å². The Morgan fingerprint density at radius 3 is 3.04 bits per heavy atom. The largest absolute Gasteiger partial charge is 0.475 e. The summed E-state index contributed by atoms with van der Waals surface area (Å²) in [5.41, 5.74) is 0.318. The van der Waals surface area contributed by atoms with Crippen LogP contribution in [0.4, 0.5) is 0 Å². The minimum absolute atomic E-state index is 0.0108. The molecule has 1 aliphatic heterocycles. The number of amides is 1. The Hall–Kier alpha value is -2.48. The number of hydrogen-bond acceptors (Lipinski definition) is 7. The molecule has 0 bridgehead atoms. The molecule has 8 nitrogen and oxygen atoms in total. The van der Waals surface area contributed by atoms with E-state index in [1.165, 1.54) is 6.39 Å². The van der Waals surface area contributed by atoms with Crippen LogP contribution in [0.2, 0.25) is 0 Å². The molecule has 8 heteroatoms. The Kier molecular flexibility index (Phi) is 4.52. The van der Waals surface area contributed by atoms with Gasteiger partial charge in [-0.15, -0.1) is 0 Å². The molecule has 1 unspecified atom stereocenters. The van der Waals surface area contributed by atoms with Crippen LogP contribution in [0.5, 0.6) is 5.88 Å². The highest BCUT2D eigenvalue weighted by atomic mass is 16.5. The van der Waals surface area contributed by atoms with E-state index in [4.69, 9.17) is 14.0 Å². The van der Waals surface area contributed by atoms with Crippen molar-refractivity contribution in [2.45, 2.75) is 26.0 Å². The molecule has 1 aliphatic rings. The number of carbonyl (C=O) groups excluding carboxylic acids is 1. The van der Waals surface area contributed by atoms with E-state index in [1.54, 1.807) is 23.1 Å². The van der Waals surface area contributed by atoms with Crippen molar-refractivity contribution in [1.82, 2.24) is 20.0 Å². The predicted octanol–water partition coefficient (Wildman–Crippen LogP) is 1.47. The van der Waals surface area contributed by atoms with E-state index >= 15 is 0 Å². The van der Waals surface area contributed by atoms with Crippen molar-refractivity contribution < 1.29 is 18.8 Å². The number of rotatable bonds is 4. The molecular formula is C15H18N4O4. The molecule has 0 aromatic carbocycles. The monoisotopic (exact) mass is 318 g/mol. The molecule has 1 saturated heterocycles. The maximum absolute atomic E-state index is 12.8. The maximum atomic E-state index is 12.8. The average molecular weight is 318 g/mol. The van der Waals surface area contributed by atoms with Crippen molar-refractivity contribution in [2.75, 3.05) is 19.8 Å². The van der Waals surface area contributed by atoms with Gasteiger partial charge in [0.05, 0.1) is 19.3 Å². The number of nitrogens with zero attached hydrogens (tertiary/aromatic N) is 4. The molecule has 0 aliphatic carbocycles. The smallest absolute Gasteiger partial charge is 0.273 e. The van der Waals surface area contributed by atoms with Crippen LogP contribution in [0.1, 0.15) is 36.2 Å². The zero-order valence-corrected chi connectivity index (χ0v) is 13.0. The van der Waals surface area contributed by atoms with Gasteiger partial charge in [0, 0.05) is 12.6 Å². The zero-order valence-electron chi connectivity index (χ0n) is 13.0. The van der Waals surface area contributed by atoms with Crippen LogP contribution in [-0.2, 0) is 4.74 Å². The van der Waals surface area contributed by atoms with Crippen molar-refractivity contribution in [2.24, 2.45) is 0 Å². The molecule has 0 radical (unpaired) electrons. The number of aromatic nitrogens is 3. The highest BCUT2D eigenvalue weighted by Crippen LogP contribution is 2.23. The van der Waals surface area contributed by atoms with E-state index in [2.05, 4.69) is 15.1 Å². The molecule has 0 N–H and O–H groups in total. The van der Waals surface area contributed by atoms with Gasteiger partial charge in [0.15, 0.2) is 5.82 Å². The third kappa shape index (κ3) is 3.48. The summed E-state index contributed by atoms with van der Waals surface area (Å²) in [5, 5.41) is 3.82. The fourth-order valence-electron chi connectivity index (χ4n) is 2.37. The molecule has 23 heavy (non-hydrogen) atoms. The summed E-state index contributed by atoms with van der Waals surface area (Å²) in [4.78, 5) is 22.8. The summed E-state index contributed by atoms with van der Waals surface area (Å²) in [6.45, 7) is 5.04. The molecule has 1 amide bonds. The lowest BCUT2D eigenvalue weighted by atomic mass is 10.2. The van der Waals surface area contributed by atoms with Gasteiger partial charge in [-0.1, -0.05) is 11.2 Å². The Bertz CT molecular complexity index is 659. The van der Waals surface area contributed by atoms with Gasteiger partial charge in [-0.2, -0.15) is 4.98 Å². The Morgan fingerprint density at radius 1 is 1.43 bits per heavy atom. The van der Waals surface area contributed by atoms with Crippen LogP contribution in [0.3, 0.4) is 0 Å². The minimum Gasteiger partial charge on any atom is -0.475 e. The lowest BCUT2D eigenvalue weighted by Crippen LogP contribution is -2.44. The lowest BCUT2D eigenvalue weighted by molar-refractivity contribution is -0.00612. The number of ether oxygens (including phenoxy) is 2. The summed E-state index contributed by atoms with van der Waals surface area (Å²) >= 11 is 0. The minimum atomic E-state index is -0.383. The second-order valence-electron chi connectivity index (χ2n) is 5.41. The quantitative estimate of drug-likeness (QED) is 0.843. The molecule has 3 heterocycles. The fraction of sp³-hybridized carbons (Fsp3) is 0.467. The third-order valence-corrected chi connectivity index (χ3v) is 3.36. The Labute approximate surface area is 133 Å². The van der Waals surface area contributed by atoms with E-state index in [9.17, 15) is 4.79 Å². The van der Waals surface area contributed by atoms with Gasteiger partial charge >= 0.3 is 0 Å². The molecule has 2 aromatic heterocycles. The van der Waals surface area contributed by atoms with Crippen molar-refractivity contribution in [3.05, 3.63) is 36.1 Å². The molecule has 0 saturated carbocycles. The third-order valence-electron chi connectivity index (χ3n) is 3.36. The fourth-order valence-corrected chi connectivity index (χ4v) is 2.37. The maximum Gasteiger partial charge on any atom is 0.273 e. The van der Waals surface area contributed by atoms with E-state index in [0.29, 0.717) is 37.2 Å². The lowest BCUT2D eigenvalue weighted by Gasteiger charge is -2.33. The van der Waals surface area contributed by atoms with E-state index < -0.39 is 0 Å². The average Bonchev–Trinajstić information content (AvgIpc) is 3.08. The van der Waals surface area contributed by atoms with Crippen LogP contribution in [0.25, 0.3) is 0 Å². The van der Waals surface area contributed by atoms with Gasteiger partial charge in [-0.05, 0) is 19.9 Å². The van der Waals surface area contributed by atoms with Gasteiger partial charge in [0.25, 0.3) is 5.91 Å². The molecule has 0 spiro atoms. The number of carbonyl (C=O) groups is 1. The van der Waals surface area contributed by atoms with Gasteiger partial charge < -0.3 is 18.9 Å².